The Morgan fingerprint density at radius 3 is 2.43 bits per heavy atom. The molecule has 0 spiro atoms. The van der Waals surface area contributed by atoms with Crippen LogP contribution in [0.15, 0.2) is 12.5 Å². The molecule has 1 aromatic heterocycles. The number of nitrogens with zero attached hydrogens (tertiary/aromatic N) is 1. The molecule has 156 valence electrons. The Balaban J connectivity index is 2.67. The van der Waals surface area contributed by atoms with Gasteiger partial charge in [0.2, 0.25) is 17.7 Å². The molecular weight excluding hydrogens is 392 g/mol. The molecule has 0 radical (unpaired) electrons. The van der Waals surface area contributed by atoms with Crippen LogP contribution in [0.25, 0.3) is 0 Å². The van der Waals surface area contributed by atoms with E-state index in [1.807, 2.05) is 0 Å². The molecule has 1 rings (SSSR count). The van der Waals surface area contributed by atoms with Crippen molar-refractivity contribution in [1.82, 2.24) is 25.9 Å². The first-order valence-electron chi connectivity index (χ1n) is 8.27. The summed E-state index contributed by atoms with van der Waals surface area (Å²) < 4.78 is 0. The van der Waals surface area contributed by atoms with Crippen molar-refractivity contribution < 1.29 is 29.4 Å². The van der Waals surface area contributed by atoms with Gasteiger partial charge in [0.25, 0.3) is 0 Å². The number of hydrogen-bond donors (Lipinski definition) is 8. The number of hydrogen-bond acceptors (Lipinski definition) is 8. The second-order valence-corrected chi connectivity index (χ2v) is 6.33. The third-order valence-corrected chi connectivity index (χ3v) is 3.99. The van der Waals surface area contributed by atoms with Crippen molar-refractivity contribution in [2.24, 2.45) is 5.73 Å². The number of aliphatic carboxylic acids is 1. The number of carbonyl (C=O) groups excluding carboxylic acids is 3. The lowest BCUT2D eigenvalue weighted by Gasteiger charge is -2.24. The van der Waals surface area contributed by atoms with Gasteiger partial charge in [-0.1, -0.05) is 0 Å². The van der Waals surface area contributed by atoms with E-state index in [1.165, 1.54) is 19.4 Å². The van der Waals surface area contributed by atoms with Gasteiger partial charge in [0.05, 0.1) is 18.5 Å². The number of carboxylic acid groups (broad SMARTS) is 1. The lowest BCUT2D eigenvalue weighted by Crippen LogP contribution is -2.59. The number of aliphatic hydroxyl groups excluding tert-OH is 1. The van der Waals surface area contributed by atoms with Crippen LogP contribution in [0.4, 0.5) is 0 Å². The van der Waals surface area contributed by atoms with Crippen molar-refractivity contribution in [3.05, 3.63) is 18.2 Å². The number of rotatable bonds is 11. The molecule has 3 amide bonds. The summed E-state index contributed by atoms with van der Waals surface area (Å²) in [6.45, 7) is 0.576. The van der Waals surface area contributed by atoms with E-state index in [2.05, 4.69) is 38.5 Å². The number of H-pyrrole nitrogens is 1. The number of aromatic nitrogens is 2. The number of thiol groups is 1. The molecule has 8 N–H and O–H groups in total. The lowest BCUT2D eigenvalue weighted by molar-refractivity contribution is -0.139. The van der Waals surface area contributed by atoms with E-state index in [0.29, 0.717) is 5.69 Å². The fraction of sp³-hybridized carbons (Fsp3) is 0.533. The minimum Gasteiger partial charge on any atom is -0.480 e. The predicted molar refractivity (Wildman–Crippen MR) is 100 cm³/mol. The third kappa shape index (κ3) is 7.54. The number of carbonyl (C=O) groups is 4. The maximum Gasteiger partial charge on any atom is 0.322 e. The molecular formula is C15H24N6O6S. The van der Waals surface area contributed by atoms with E-state index in [0.717, 1.165) is 0 Å². The van der Waals surface area contributed by atoms with Gasteiger partial charge < -0.3 is 36.9 Å². The maximum atomic E-state index is 12.4. The molecule has 0 saturated carbocycles. The van der Waals surface area contributed by atoms with Crippen LogP contribution in [0.3, 0.4) is 0 Å². The Kier molecular flexibility index (Phi) is 9.41. The van der Waals surface area contributed by atoms with E-state index < -0.39 is 54.5 Å². The molecule has 0 aliphatic carbocycles. The Labute approximate surface area is 166 Å². The SMILES string of the molecule is CC(O)C(NC(=O)C(CS)NC(=O)C(N)Cc1cnc[nH]1)C(=O)NCC(=O)O. The van der Waals surface area contributed by atoms with Gasteiger partial charge in [-0.25, -0.2) is 4.98 Å². The molecule has 1 heterocycles. The van der Waals surface area contributed by atoms with Crippen molar-refractivity contribution >= 4 is 36.3 Å². The van der Waals surface area contributed by atoms with Crippen LogP contribution in [-0.2, 0) is 25.6 Å². The van der Waals surface area contributed by atoms with Crippen LogP contribution in [0, 0.1) is 0 Å². The number of amides is 3. The van der Waals surface area contributed by atoms with Gasteiger partial charge in [-0.2, -0.15) is 12.6 Å². The molecule has 0 bridgehead atoms. The van der Waals surface area contributed by atoms with Gasteiger partial charge in [0.15, 0.2) is 0 Å². The van der Waals surface area contributed by atoms with Crippen molar-refractivity contribution in [1.29, 1.82) is 0 Å². The quantitative estimate of drug-likeness (QED) is 0.172. The third-order valence-electron chi connectivity index (χ3n) is 3.62. The van der Waals surface area contributed by atoms with Crippen LogP contribution in [0.2, 0.25) is 0 Å². The standard InChI is InChI=1S/C15H24N6O6S/c1-7(22)12(15(27)18-4-11(23)24)21-14(26)10(5-28)20-13(25)9(16)2-8-3-17-6-19-8/h3,6-7,9-10,12,22,28H,2,4-5,16H2,1H3,(H,17,19)(H,18,27)(H,20,25)(H,21,26)(H,23,24). The molecule has 4 unspecified atom stereocenters. The lowest BCUT2D eigenvalue weighted by atomic mass is 10.1. The van der Waals surface area contributed by atoms with Crippen LogP contribution < -0.4 is 21.7 Å². The Morgan fingerprint density at radius 2 is 1.93 bits per heavy atom. The summed E-state index contributed by atoms with van der Waals surface area (Å²) in [5, 5.41) is 25.0. The Hall–Kier alpha value is -2.64. The summed E-state index contributed by atoms with van der Waals surface area (Å²) >= 11 is 4.01. The van der Waals surface area contributed by atoms with Crippen LogP contribution in [0.1, 0.15) is 12.6 Å². The first-order valence-corrected chi connectivity index (χ1v) is 8.91. The second-order valence-electron chi connectivity index (χ2n) is 5.97. The van der Waals surface area contributed by atoms with E-state index in [1.54, 1.807) is 0 Å². The predicted octanol–water partition coefficient (Wildman–Crippen LogP) is -3.24. The average molecular weight is 416 g/mol. The average Bonchev–Trinajstić information content (AvgIpc) is 3.14. The highest BCUT2D eigenvalue weighted by Gasteiger charge is 2.30. The van der Waals surface area contributed by atoms with Crippen molar-refractivity contribution in [2.75, 3.05) is 12.3 Å². The highest BCUT2D eigenvalue weighted by molar-refractivity contribution is 7.80. The number of carboxylic acids is 1. The smallest absolute Gasteiger partial charge is 0.322 e. The molecule has 0 aliphatic rings. The summed E-state index contributed by atoms with van der Waals surface area (Å²) in [7, 11) is 0. The summed E-state index contributed by atoms with van der Waals surface area (Å²) in [6, 6.07) is -3.50. The monoisotopic (exact) mass is 416 g/mol. The van der Waals surface area contributed by atoms with Crippen LogP contribution in [0.5, 0.6) is 0 Å². The molecule has 12 nitrogen and oxygen atoms in total. The van der Waals surface area contributed by atoms with E-state index in [9.17, 15) is 24.3 Å². The first-order chi connectivity index (χ1) is 13.1. The van der Waals surface area contributed by atoms with E-state index in [-0.39, 0.29) is 12.2 Å². The zero-order valence-corrected chi connectivity index (χ0v) is 16.0. The summed E-state index contributed by atoms with van der Waals surface area (Å²) in [5.74, 6) is -3.67. The molecule has 0 aliphatic heterocycles. The summed E-state index contributed by atoms with van der Waals surface area (Å²) in [4.78, 5) is 53.7. The fourth-order valence-corrected chi connectivity index (χ4v) is 2.39. The molecule has 0 saturated heterocycles. The number of nitrogens with one attached hydrogen (secondary N) is 4. The summed E-state index contributed by atoms with van der Waals surface area (Å²) in [5.41, 5.74) is 6.44. The highest BCUT2D eigenvalue weighted by atomic mass is 32.1. The van der Waals surface area contributed by atoms with E-state index >= 15 is 0 Å². The van der Waals surface area contributed by atoms with Gasteiger partial charge in [0, 0.05) is 24.1 Å². The Morgan fingerprint density at radius 1 is 1.25 bits per heavy atom. The number of nitrogens with two attached hydrogens (primary N) is 1. The number of aromatic amines is 1. The highest BCUT2D eigenvalue weighted by Crippen LogP contribution is 2.00. The van der Waals surface area contributed by atoms with Crippen molar-refractivity contribution in [3.63, 3.8) is 0 Å². The van der Waals surface area contributed by atoms with Crippen LogP contribution >= 0.6 is 12.6 Å². The topological polar surface area (TPSA) is 200 Å². The second kappa shape index (κ2) is 11.3. The van der Waals surface area contributed by atoms with Gasteiger partial charge in [-0.3, -0.25) is 19.2 Å². The van der Waals surface area contributed by atoms with Crippen LogP contribution in [-0.4, -0.2) is 80.4 Å². The fourth-order valence-electron chi connectivity index (χ4n) is 2.13. The number of aliphatic hydroxyl groups is 1. The maximum absolute atomic E-state index is 12.4. The normalized spacial score (nSPS) is 15.0. The molecule has 28 heavy (non-hydrogen) atoms. The van der Waals surface area contributed by atoms with Crippen molar-refractivity contribution in [3.8, 4) is 0 Å². The minimum absolute atomic E-state index is 0.0996. The first kappa shape index (κ1) is 23.4. The molecule has 4 atom stereocenters. The molecule has 0 fully saturated rings. The minimum atomic E-state index is -1.41. The van der Waals surface area contributed by atoms with E-state index in [4.69, 9.17) is 10.8 Å². The van der Waals surface area contributed by atoms with Gasteiger partial charge >= 0.3 is 5.97 Å². The van der Waals surface area contributed by atoms with Gasteiger partial charge in [-0.15, -0.1) is 0 Å². The molecule has 13 heteroatoms. The zero-order valence-electron chi connectivity index (χ0n) is 15.1. The molecule has 1 aromatic rings. The largest absolute Gasteiger partial charge is 0.480 e. The Bertz CT molecular complexity index is 683. The molecule has 0 aromatic carbocycles. The number of imidazole rings is 1. The summed E-state index contributed by atoms with van der Waals surface area (Å²) in [6.07, 6.45) is 1.81. The van der Waals surface area contributed by atoms with Gasteiger partial charge in [0.1, 0.15) is 18.6 Å². The van der Waals surface area contributed by atoms with Gasteiger partial charge in [-0.05, 0) is 6.92 Å². The van der Waals surface area contributed by atoms with Crippen molar-refractivity contribution in [2.45, 2.75) is 37.6 Å². The zero-order chi connectivity index (χ0) is 21.3.